The predicted octanol–water partition coefficient (Wildman–Crippen LogP) is 1.33. The predicted molar refractivity (Wildman–Crippen MR) is 78.7 cm³/mol. The summed E-state index contributed by atoms with van der Waals surface area (Å²) in [5, 5.41) is 2.88. The van der Waals surface area contributed by atoms with Gasteiger partial charge in [0.2, 0.25) is 0 Å². The normalized spacial score (nSPS) is 19.9. The van der Waals surface area contributed by atoms with Crippen LogP contribution in [0.3, 0.4) is 0 Å². The summed E-state index contributed by atoms with van der Waals surface area (Å²) >= 11 is 0. The van der Waals surface area contributed by atoms with E-state index in [9.17, 15) is 4.79 Å². The Labute approximate surface area is 120 Å². The molecular weight excluding hydrogens is 254 g/mol. The van der Waals surface area contributed by atoms with Crippen LogP contribution in [0.4, 0.5) is 4.79 Å². The van der Waals surface area contributed by atoms with Crippen LogP contribution in [0, 0.1) is 0 Å². The Morgan fingerprint density at radius 1 is 1.35 bits per heavy atom. The Hall–Kier alpha value is -1.59. The highest BCUT2D eigenvalue weighted by Crippen LogP contribution is 2.23. The summed E-state index contributed by atoms with van der Waals surface area (Å²) in [6.45, 7) is 3.47. The van der Waals surface area contributed by atoms with Gasteiger partial charge in [-0.15, -0.1) is 0 Å². The van der Waals surface area contributed by atoms with Crippen molar-refractivity contribution in [1.82, 2.24) is 15.1 Å². The molecule has 0 aliphatic carbocycles. The molecule has 1 aliphatic rings. The Morgan fingerprint density at radius 2 is 2.10 bits per heavy atom. The molecule has 0 spiro atoms. The molecule has 1 aromatic rings. The van der Waals surface area contributed by atoms with Gasteiger partial charge < -0.3 is 15.0 Å². The SMILES string of the molecule is COCCNC(=O)N1CCN(C)C(c2ccccc2)C1. The van der Waals surface area contributed by atoms with E-state index in [-0.39, 0.29) is 12.1 Å². The minimum absolute atomic E-state index is 0.00363. The second kappa shape index (κ2) is 7.26. The molecule has 0 radical (unpaired) electrons. The zero-order valence-corrected chi connectivity index (χ0v) is 12.2. The molecular formula is C15H23N3O2. The smallest absolute Gasteiger partial charge is 0.317 e. The van der Waals surface area contributed by atoms with Crippen molar-refractivity contribution >= 4 is 6.03 Å². The third-order valence-corrected chi connectivity index (χ3v) is 3.70. The van der Waals surface area contributed by atoms with E-state index in [4.69, 9.17) is 4.74 Å². The number of amides is 2. The average Bonchev–Trinajstić information content (AvgIpc) is 2.49. The number of ether oxygens (including phenoxy) is 1. The first-order chi connectivity index (χ1) is 9.72. The van der Waals surface area contributed by atoms with Crippen LogP contribution in [0.25, 0.3) is 0 Å². The molecule has 5 heteroatoms. The fraction of sp³-hybridized carbons (Fsp3) is 0.533. The summed E-state index contributed by atoms with van der Waals surface area (Å²) in [5.74, 6) is 0. The van der Waals surface area contributed by atoms with E-state index in [1.807, 2.05) is 23.1 Å². The molecule has 1 N–H and O–H groups in total. The molecule has 1 heterocycles. The van der Waals surface area contributed by atoms with Gasteiger partial charge in [-0.25, -0.2) is 4.79 Å². The summed E-state index contributed by atoms with van der Waals surface area (Å²) in [5.41, 5.74) is 1.25. The van der Waals surface area contributed by atoms with Crippen LogP contribution >= 0.6 is 0 Å². The fourth-order valence-corrected chi connectivity index (χ4v) is 2.47. The highest BCUT2D eigenvalue weighted by atomic mass is 16.5. The van der Waals surface area contributed by atoms with Gasteiger partial charge in [0.1, 0.15) is 0 Å². The minimum atomic E-state index is -0.00363. The first kappa shape index (κ1) is 14.8. The van der Waals surface area contributed by atoms with Crippen molar-refractivity contribution in [2.75, 3.05) is 46.9 Å². The largest absolute Gasteiger partial charge is 0.383 e. The maximum absolute atomic E-state index is 12.1. The number of likely N-dealkylation sites (N-methyl/N-ethyl adjacent to an activating group) is 1. The van der Waals surface area contributed by atoms with Gasteiger partial charge in [-0.2, -0.15) is 0 Å². The number of hydrogen-bond donors (Lipinski definition) is 1. The van der Waals surface area contributed by atoms with E-state index in [1.54, 1.807) is 7.11 Å². The van der Waals surface area contributed by atoms with Gasteiger partial charge in [0.25, 0.3) is 0 Å². The highest BCUT2D eigenvalue weighted by molar-refractivity contribution is 5.74. The van der Waals surface area contributed by atoms with E-state index in [2.05, 4.69) is 29.4 Å². The standard InChI is InChI=1S/C15H23N3O2/c1-17-9-10-18(15(19)16-8-11-20-2)12-14(17)13-6-4-3-5-7-13/h3-7,14H,8-12H2,1-2H3,(H,16,19). The van der Waals surface area contributed by atoms with Crippen LogP contribution in [0.15, 0.2) is 30.3 Å². The van der Waals surface area contributed by atoms with Gasteiger partial charge in [0.05, 0.1) is 12.6 Å². The van der Waals surface area contributed by atoms with Gasteiger partial charge >= 0.3 is 6.03 Å². The number of carbonyl (C=O) groups is 1. The number of piperazine rings is 1. The van der Waals surface area contributed by atoms with E-state index in [0.717, 1.165) is 19.6 Å². The lowest BCUT2D eigenvalue weighted by molar-refractivity contribution is 0.108. The van der Waals surface area contributed by atoms with E-state index >= 15 is 0 Å². The monoisotopic (exact) mass is 277 g/mol. The molecule has 5 nitrogen and oxygen atoms in total. The van der Waals surface area contributed by atoms with Gasteiger partial charge in [-0.1, -0.05) is 30.3 Å². The molecule has 1 saturated heterocycles. The Balaban J connectivity index is 1.96. The minimum Gasteiger partial charge on any atom is -0.383 e. The summed E-state index contributed by atoms with van der Waals surface area (Å²) in [6.07, 6.45) is 0. The lowest BCUT2D eigenvalue weighted by atomic mass is 10.0. The average molecular weight is 277 g/mol. The van der Waals surface area contributed by atoms with Crippen molar-refractivity contribution in [3.8, 4) is 0 Å². The number of nitrogens with one attached hydrogen (secondary N) is 1. The van der Waals surface area contributed by atoms with Crippen LogP contribution in [0.2, 0.25) is 0 Å². The zero-order chi connectivity index (χ0) is 14.4. The Morgan fingerprint density at radius 3 is 2.80 bits per heavy atom. The zero-order valence-electron chi connectivity index (χ0n) is 12.2. The number of methoxy groups -OCH3 is 1. The van der Waals surface area contributed by atoms with Crippen molar-refractivity contribution in [3.63, 3.8) is 0 Å². The summed E-state index contributed by atoms with van der Waals surface area (Å²) in [4.78, 5) is 16.3. The number of hydrogen-bond acceptors (Lipinski definition) is 3. The Bertz CT molecular complexity index is 424. The molecule has 1 aliphatic heterocycles. The molecule has 20 heavy (non-hydrogen) atoms. The molecule has 0 bridgehead atoms. The summed E-state index contributed by atoms with van der Waals surface area (Å²) in [6, 6.07) is 10.6. The summed E-state index contributed by atoms with van der Waals surface area (Å²) < 4.78 is 4.95. The fourth-order valence-electron chi connectivity index (χ4n) is 2.47. The van der Waals surface area contributed by atoms with Crippen molar-refractivity contribution in [2.45, 2.75) is 6.04 Å². The molecule has 110 valence electrons. The topological polar surface area (TPSA) is 44.8 Å². The number of benzene rings is 1. The lowest BCUT2D eigenvalue weighted by Crippen LogP contribution is -2.52. The second-order valence-electron chi connectivity index (χ2n) is 5.08. The molecule has 2 rings (SSSR count). The summed E-state index contributed by atoms with van der Waals surface area (Å²) in [7, 11) is 3.74. The third-order valence-electron chi connectivity index (χ3n) is 3.70. The number of nitrogens with zero attached hydrogens (tertiary/aromatic N) is 2. The van der Waals surface area contributed by atoms with Crippen LogP contribution < -0.4 is 5.32 Å². The molecule has 1 atom stereocenters. The maximum atomic E-state index is 12.1. The molecule has 1 unspecified atom stereocenters. The number of urea groups is 1. The van der Waals surface area contributed by atoms with E-state index in [0.29, 0.717) is 13.2 Å². The maximum Gasteiger partial charge on any atom is 0.317 e. The van der Waals surface area contributed by atoms with Gasteiger partial charge in [-0.05, 0) is 12.6 Å². The number of carbonyl (C=O) groups excluding carboxylic acids is 1. The molecule has 0 aromatic heterocycles. The van der Waals surface area contributed by atoms with Crippen molar-refractivity contribution in [2.24, 2.45) is 0 Å². The highest BCUT2D eigenvalue weighted by Gasteiger charge is 2.27. The first-order valence-electron chi connectivity index (χ1n) is 6.99. The van der Waals surface area contributed by atoms with E-state index in [1.165, 1.54) is 5.56 Å². The van der Waals surface area contributed by atoms with Crippen LogP contribution in [0.5, 0.6) is 0 Å². The van der Waals surface area contributed by atoms with Crippen LogP contribution in [0.1, 0.15) is 11.6 Å². The quantitative estimate of drug-likeness (QED) is 0.845. The second-order valence-corrected chi connectivity index (χ2v) is 5.08. The van der Waals surface area contributed by atoms with E-state index < -0.39 is 0 Å². The van der Waals surface area contributed by atoms with Gasteiger partial charge in [0.15, 0.2) is 0 Å². The molecule has 1 fully saturated rings. The molecule has 0 saturated carbocycles. The van der Waals surface area contributed by atoms with Crippen molar-refractivity contribution in [1.29, 1.82) is 0 Å². The van der Waals surface area contributed by atoms with Crippen LogP contribution in [-0.2, 0) is 4.74 Å². The first-order valence-corrected chi connectivity index (χ1v) is 6.99. The van der Waals surface area contributed by atoms with Crippen molar-refractivity contribution in [3.05, 3.63) is 35.9 Å². The van der Waals surface area contributed by atoms with Crippen LogP contribution in [-0.4, -0.2) is 62.8 Å². The molecule has 1 aromatic carbocycles. The van der Waals surface area contributed by atoms with Gasteiger partial charge in [0, 0.05) is 33.3 Å². The third kappa shape index (κ3) is 3.71. The van der Waals surface area contributed by atoms with Gasteiger partial charge in [-0.3, -0.25) is 4.90 Å². The lowest BCUT2D eigenvalue weighted by Gasteiger charge is -2.39. The number of rotatable bonds is 4. The Kier molecular flexibility index (Phi) is 5.38. The molecule has 2 amide bonds. The van der Waals surface area contributed by atoms with Crippen molar-refractivity contribution < 1.29 is 9.53 Å².